The standard InChI is InChI=1S/C20H24N2O3/c1-24-17-7-8-18(19(13-17)25-2)21-11-9-20(23)22-12-10-15-5-3-4-6-16(15)14-22/h3-8,13,21H,9-12,14H2,1-2H3. The van der Waals surface area contributed by atoms with Gasteiger partial charge >= 0.3 is 0 Å². The van der Waals surface area contributed by atoms with Gasteiger partial charge in [-0.3, -0.25) is 4.79 Å². The molecule has 1 N–H and O–H groups in total. The van der Waals surface area contributed by atoms with Gasteiger partial charge in [-0.25, -0.2) is 0 Å². The lowest BCUT2D eigenvalue weighted by molar-refractivity contribution is -0.131. The number of amides is 1. The van der Waals surface area contributed by atoms with Gasteiger partial charge in [0.1, 0.15) is 11.5 Å². The molecule has 2 aromatic rings. The van der Waals surface area contributed by atoms with Crippen molar-refractivity contribution < 1.29 is 14.3 Å². The smallest absolute Gasteiger partial charge is 0.224 e. The van der Waals surface area contributed by atoms with Crippen molar-refractivity contribution in [3.63, 3.8) is 0 Å². The van der Waals surface area contributed by atoms with E-state index in [1.54, 1.807) is 14.2 Å². The third kappa shape index (κ3) is 4.05. The number of carbonyl (C=O) groups excluding carboxylic acids is 1. The number of anilines is 1. The Morgan fingerprint density at radius 1 is 1.12 bits per heavy atom. The molecule has 3 rings (SSSR count). The third-order valence-corrected chi connectivity index (χ3v) is 4.55. The maximum absolute atomic E-state index is 12.5. The van der Waals surface area contributed by atoms with Gasteiger partial charge in [-0.05, 0) is 29.7 Å². The molecule has 25 heavy (non-hydrogen) atoms. The summed E-state index contributed by atoms with van der Waals surface area (Å²) in [6, 6.07) is 13.9. The van der Waals surface area contributed by atoms with Crippen LogP contribution >= 0.6 is 0 Å². The lowest BCUT2D eigenvalue weighted by atomic mass is 10.00. The summed E-state index contributed by atoms with van der Waals surface area (Å²) in [5.41, 5.74) is 3.47. The van der Waals surface area contributed by atoms with Crippen LogP contribution in [0.2, 0.25) is 0 Å². The highest BCUT2D eigenvalue weighted by Gasteiger charge is 2.19. The number of ether oxygens (including phenoxy) is 2. The molecule has 0 spiro atoms. The first-order valence-corrected chi connectivity index (χ1v) is 8.51. The van der Waals surface area contributed by atoms with Crippen molar-refractivity contribution in [3.8, 4) is 11.5 Å². The van der Waals surface area contributed by atoms with Crippen molar-refractivity contribution in [1.29, 1.82) is 0 Å². The third-order valence-electron chi connectivity index (χ3n) is 4.55. The summed E-state index contributed by atoms with van der Waals surface area (Å²) in [7, 11) is 3.24. The number of methoxy groups -OCH3 is 2. The van der Waals surface area contributed by atoms with Crippen LogP contribution in [0, 0.1) is 0 Å². The summed E-state index contributed by atoms with van der Waals surface area (Å²) in [5.74, 6) is 1.62. The summed E-state index contributed by atoms with van der Waals surface area (Å²) in [6.45, 7) is 2.07. The fourth-order valence-corrected chi connectivity index (χ4v) is 3.12. The molecule has 0 atom stereocenters. The number of carbonyl (C=O) groups is 1. The fourth-order valence-electron chi connectivity index (χ4n) is 3.12. The Balaban J connectivity index is 1.53. The molecule has 2 aromatic carbocycles. The number of nitrogens with one attached hydrogen (secondary N) is 1. The Hall–Kier alpha value is -2.69. The summed E-state index contributed by atoms with van der Waals surface area (Å²) in [6.07, 6.45) is 1.39. The number of rotatable bonds is 6. The number of benzene rings is 2. The Kier molecular flexibility index (Phi) is 5.43. The van der Waals surface area contributed by atoms with Crippen LogP contribution in [-0.4, -0.2) is 38.1 Å². The van der Waals surface area contributed by atoms with E-state index in [0.717, 1.165) is 24.4 Å². The predicted octanol–water partition coefficient (Wildman–Crippen LogP) is 3.09. The fraction of sp³-hybridized carbons (Fsp3) is 0.350. The monoisotopic (exact) mass is 340 g/mol. The van der Waals surface area contributed by atoms with Crippen LogP contribution < -0.4 is 14.8 Å². The maximum atomic E-state index is 12.5. The first-order chi connectivity index (χ1) is 12.2. The second kappa shape index (κ2) is 7.92. The van der Waals surface area contributed by atoms with Crippen molar-refractivity contribution in [2.45, 2.75) is 19.4 Å². The van der Waals surface area contributed by atoms with Crippen LogP contribution in [0.1, 0.15) is 17.5 Å². The molecule has 1 amide bonds. The highest BCUT2D eigenvalue weighted by Crippen LogP contribution is 2.29. The molecule has 0 aliphatic carbocycles. The molecule has 1 heterocycles. The first kappa shape index (κ1) is 17.1. The molecular formula is C20H24N2O3. The molecule has 5 nitrogen and oxygen atoms in total. The molecule has 0 unspecified atom stereocenters. The number of hydrogen-bond acceptors (Lipinski definition) is 4. The number of fused-ring (bicyclic) bond motifs is 1. The molecular weight excluding hydrogens is 316 g/mol. The van der Waals surface area contributed by atoms with E-state index in [1.807, 2.05) is 29.2 Å². The second-order valence-electron chi connectivity index (χ2n) is 6.08. The molecule has 132 valence electrons. The Labute approximate surface area is 148 Å². The van der Waals surface area contributed by atoms with Gasteiger partial charge in [-0.1, -0.05) is 24.3 Å². The zero-order valence-corrected chi connectivity index (χ0v) is 14.7. The summed E-state index contributed by atoms with van der Waals surface area (Å²) in [4.78, 5) is 14.4. The minimum atomic E-state index is 0.175. The minimum Gasteiger partial charge on any atom is -0.497 e. The van der Waals surface area contributed by atoms with E-state index < -0.39 is 0 Å². The number of nitrogens with zero attached hydrogens (tertiary/aromatic N) is 1. The molecule has 0 saturated carbocycles. The van der Waals surface area contributed by atoms with Crippen molar-refractivity contribution in [2.24, 2.45) is 0 Å². The zero-order valence-electron chi connectivity index (χ0n) is 14.7. The molecule has 0 aromatic heterocycles. The Morgan fingerprint density at radius 3 is 2.68 bits per heavy atom. The number of hydrogen-bond donors (Lipinski definition) is 1. The van der Waals surface area contributed by atoms with Gasteiger partial charge in [0.2, 0.25) is 5.91 Å². The van der Waals surface area contributed by atoms with Crippen molar-refractivity contribution in [3.05, 3.63) is 53.6 Å². The predicted molar refractivity (Wildman–Crippen MR) is 98.2 cm³/mol. The highest BCUT2D eigenvalue weighted by atomic mass is 16.5. The quantitative estimate of drug-likeness (QED) is 0.878. The van der Waals surface area contributed by atoms with E-state index in [4.69, 9.17) is 9.47 Å². The molecule has 5 heteroatoms. The topological polar surface area (TPSA) is 50.8 Å². The van der Waals surface area contributed by atoms with Crippen LogP contribution in [-0.2, 0) is 17.8 Å². The van der Waals surface area contributed by atoms with Gasteiger partial charge in [-0.2, -0.15) is 0 Å². The van der Waals surface area contributed by atoms with E-state index in [0.29, 0.717) is 25.3 Å². The normalized spacial score (nSPS) is 13.1. The Morgan fingerprint density at radius 2 is 1.92 bits per heavy atom. The van der Waals surface area contributed by atoms with Crippen molar-refractivity contribution in [1.82, 2.24) is 4.90 Å². The summed E-state index contributed by atoms with van der Waals surface area (Å²) < 4.78 is 10.6. The lowest BCUT2D eigenvalue weighted by Crippen LogP contribution is -2.36. The van der Waals surface area contributed by atoms with Gasteiger partial charge in [-0.15, -0.1) is 0 Å². The van der Waals surface area contributed by atoms with Crippen LogP contribution in [0.15, 0.2) is 42.5 Å². The van der Waals surface area contributed by atoms with Crippen LogP contribution in [0.4, 0.5) is 5.69 Å². The first-order valence-electron chi connectivity index (χ1n) is 8.51. The van der Waals surface area contributed by atoms with Crippen LogP contribution in [0.3, 0.4) is 0 Å². The Bertz CT molecular complexity index is 745. The van der Waals surface area contributed by atoms with E-state index in [1.165, 1.54) is 11.1 Å². The van der Waals surface area contributed by atoms with Crippen molar-refractivity contribution in [2.75, 3.05) is 32.6 Å². The molecule has 0 radical (unpaired) electrons. The molecule has 1 aliphatic rings. The van der Waals surface area contributed by atoms with E-state index in [2.05, 4.69) is 23.5 Å². The summed E-state index contributed by atoms with van der Waals surface area (Å²) in [5, 5.41) is 3.28. The molecule has 0 fully saturated rings. The highest BCUT2D eigenvalue weighted by molar-refractivity contribution is 5.77. The van der Waals surface area contributed by atoms with Crippen LogP contribution in [0.25, 0.3) is 0 Å². The molecule has 1 aliphatic heterocycles. The van der Waals surface area contributed by atoms with E-state index >= 15 is 0 Å². The van der Waals surface area contributed by atoms with Crippen molar-refractivity contribution >= 4 is 11.6 Å². The van der Waals surface area contributed by atoms with E-state index in [9.17, 15) is 4.79 Å². The largest absolute Gasteiger partial charge is 0.497 e. The average molecular weight is 340 g/mol. The lowest BCUT2D eigenvalue weighted by Gasteiger charge is -2.29. The van der Waals surface area contributed by atoms with Gasteiger partial charge in [0.05, 0.1) is 19.9 Å². The van der Waals surface area contributed by atoms with Gasteiger partial charge in [0, 0.05) is 32.1 Å². The summed E-state index contributed by atoms with van der Waals surface area (Å²) >= 11 is 0. The SMILES string of the molecule is COc1ccc(NCCC(=O)N2CCc3ccccc3C2)c(OC)c1. The van der Waals surface area contributed by atoms with E-state index in [-0.39, 0.29) is 5.91 Å². The zero-order chi connectivity index (χ0) is 17.6. The van der Waals surface area contributed by atoms with Gasteiger partial charge < -0.3 is 19.7 Å². The average Bonchev–Trinajstić information content (AvgIpc) is 2.67. The van der Waals surface area contributed by atoms with Gasteiger partial charge in [0.25, 0.3) is 0 Å². The maximum Gasteiger partial charge on any atom is 0.224 e. The second-order valence-corrected chi connectivity index (χ2v) is 6.08. The molecule has 0 saturated heterocycles. The molecule has 0 bridgehead atoms. The van der Waals surface area contributed by atoms with Crippen LogP contribution in [0.5, 0.6) is 11.5 Å². The minimum absolute atomic E-state index is 0.175. The van der Waals surface area contributed by atoms with Gasteiger partial charge in [0.15, 0.2) is 0 Å².